The molecule has 126 valence electrons. The average Bonchev–Trinajstić information content (AvgIpc) is 2.99. The molecule has 2 aliphatic rings. The quantitative estimate of drug-likeness (QED) is 0.899. The zero-order valence-electron chi connectivity index (χ0n) is 13.5. The van der Waals surface area contributed by atoms with Crippen molar-refractivity contribution in [3.63, 3.8) is 0 Å². The van der Waals surface area contributed by atoms with E-state index in [0.29, 0.717) is 24.5 Å². The number of hydrogen-bond donors (Lipinski definition) is 1. The molecule has 1 saturated heterocycles. The van der Waals surface area contributed by atoms with Gasteiger partial charge in [-0.05, 0) is 30.5 Å². The normalized spacial score (nSPS) is 19.7. The lowest BCUT2D eigenvalue weighted by molar-refractivity contribution is 0.346. The van der Waals surface area contributed by atoms with Crippen molar-refractivity contribution in [2.45, 2.75) is 30.7 Å². The lowest BCUT2D eigenvalue weighted by Crippen LogP contribution is -2.36. The summed E-state index contributed by atoms with van der Waals surface area (Å²) in [4.78, 5) is 6.83. The Kier molecular flexibility index (Phi) is 4.87. The van der Waals surface area contributed by atoms with Gasteiger partial charge in [0.1, 0.15) is 0 Å². The van der Waals surface area contributed by atoms with Gasteiger partial charge in [-0.2, -0.15) is 4.31 Å². The van der Waals surface area contributed by atoms with Crippen LogP contribution in [-0.2, 0) is 16.6 Å². The monoisotopic (exact) mass is 336 g/mol. The minimum atomic E-state index is -3.37. The fourth-order valence-electron chi connectivity index (χ4n) is 2.97. The Morgan fingerprint density at radius 3 is 2.65 bits per heavy atom. The summed E-state index contributed by atoms with van der Waals surface area (Å²) < 4.78 is 27.1. The molecule has 2 aliphatic heterocycles. The minimum absolute atomic E-state index is 0.389. The Morgan fingerprint density at radius 2 is 1.96 bits per heavy atom. The molecule has 7 heteroatoms. The van der Waals surface area contributed by atoms with Crippen LogP contribution in [0.1, 0.15) is 24.8 Å². The number of aliphatic imine (C=N–C) groups is 1. The van der Waals surface area contributed by atoms with Crippen LogP contribution in [0.4, 0.5) is 0 Å². The van der Waals surface area contributed by atoms with Gasteiger partial charge in [-0.15, -0.1) is 0 Å². The molecule has 0 radical (unpaired) electrons. The molecule has 0 saturated carbocycles. The molecule has 2 heterocycles. The van der Waals surface area contributed by atoms with Gasteiger partial charge in [-0.25, -0.2) is 8.42 Å². The highest BCUT2D eigenvalue weighted by Gasteiger charge is 2.25. The summed E-state index contributed by atoms with van der Waals surface area (Å²) in [6, 6.07) is 7.21. The number of guanidine groups is 1. The van der Waals surface area contributed by atoms with Crippen molar-refractivity contribution >= 4 is 16.0 Å². The highest BCUT2D eigenvalue weighted by Crippen LogP contribution is 2.21. The molecule has 3 rings (SSSR count). The summed E-state index contributed by atoms with van der Waals surface area (Å²) in [7, 11) is -1.37. The van der Waals surface area contributed by atoms with Crippen LogP contribution in [0.2, 0.25) is 0 Å². The SMILES string of the molecule is CN1CCN=C1NCc1cccc(S(=O)(=O)N2CCCCC2)c1. The summed E-state index contributed by atoms with van der Waals surface area (Å²) in [5.74, 6) is 0.870. The Hall–Kier alpha value is -1.60. The number of nitrogens with one attached hydrogen (secondary N) is 1. The van der Waals surface area contributed by atoms with Crippen molar-refractivity contribution in [3.05, 3.63) is 29.8 Å². The highest BCUT2D eigenvalue weighted by molar-refractivity contribution is 7.89. The molecule has 6 nitrogen and oxygen atoms in total. The van der Waals surface area contributed by atoms with Gasteiger partial charge in [-0.1, -0.05) is 18.6 Å². The number of nitrogens with zero attached hydrogens (tertiary/aromatic N) is 3. The fraction of sp³-hybridized carbons (Fsp3) is 0.562. The highest BCUT2D eigenvalue weighted by atomic mass is 32.2. The standard InChI is InChI=1S/C16H24N4O2S/c1-19-11-8-17-16(19)18-13-14-6-5-7-15(12-14)23(21,22)20-9-3-2-4-10-20/h5-7,12H,2-4,8-11,13H2,1H3,(H,17,18). The van der Waals surface area contributed by atoms with Crippen LogP contribution in [-0.4, -0.2) is 56.8 Å². The van der Waals surface area contributed by atoms with Gasteiger partial charge in [0.2, 0.25) is 10.0 Å². The fourth-order valence-corrected chi connectivity index (χ4v) is 4.56. The number of likely N-dealkylation sites (N-methyl/N-ethyl adjacent to an activating group) is 1. The molecule has 1 aromatic rings. The molecule has 0 amide bonds. The van der Waals surface area contributed by atoms with Crippen molar-refractivity contribution < 1.29 is 8.42 Å². The van der Waals surface area contributed by atoms with Crippen molar-refractivity contribution in [2.24, 2.45) is 4.99 Å². The third-order valence-electron chi connectivity index (χ3n) is 4.36. The molecular weight excluding hydrogens is 312 g/mol. The van der Waals surface area contributed by atoms with Gasteiger partial charge < -0.3 is 10.2 Å². The molecule has 0 atom stereocenters. The number of hydrogen-bond acceptors (Lipinski definition) is 5. The first-order chi connectivity index (χ1) is 11.1. The second-order valence-electron chi connectivity index (χ2n) is 6.09. The van der Waals surface area contributed by atoms with E-state index in [1.165, 1.54) is 0 Å². The van der Waals surface area contributed by atoms with Crippen LogP contribution >= 0.6 is 0 Å². The third kappa shape index (κ3) is 3.67. The largest absolute Gasteiger partial charge is 0.352 e. The maximum Gasteiger partial charge on any atom is 0.243 e. The third-order valence-corrected chi connectivity index (χ3v) is 6.26. The van der Waals surface area contributed by atoms with E-state index in [0.717, 1.165) is 43.9 Å². The van der Waals surface area contributed by atoms with Crippen molar-refractivity contribution in [1.82, 2.24) is 14.5 Å². The predicted octanol–water partition coefficient (Wildman–Crippen LogP) is 1.25. The van der Waals surface area contributed by atoms with Gasteiger partial charge in [0, 0.05) is 33.2 Å². The second kappa shape index (κ2) is 6.88. The van der Waals surface area contributed by atoms with E-state index in [-0.39, 0.29) is 0 Å². The van der Waals surface area contributed by atoms with Gasteiger partial charge in [0.15, 0.2) is 5.96 Å². The van der Waals surface area contributed by atoms with E-state index < -0.39 is 10.0 Å². The van der Waals surface area contributed by atoms with Crippen molar-refractivity contribution in [3.8, 4) is 0 Å². The first-order valence-electron chi connectivity index (χ1n) is 8.16. The van der Waals surface area contributed by atoms with Gasteiger partial charge >= 0.3 is 0 Å². The molecular formula is C16H24N4O2S. The molecule has 0 aromatic heterocycles. The van der Waals surface area contributed by atoms with E-state index in [1.54, 1.807) is 16.4 Å². The Labute approximate surface area is 138 Å². The Bertz CT molecular complexity index is 681. The predicted molar refractivity (Wildman–Crippen MR) is 90.8 cm³/mol. The van der Waals surface area contributed by atoms with E-state index in [4.69, 9.17) is 0 Å². The van der Waals surface area contributed by atoms with Gasteiger partial charge in [0.25, 0.3) is 0 Å². The Balaban J connectivity index is 1.71. The summed E-state index contributed by atoms with van der Waals surface area (Å²) in [6.45, 7) is 3.57. The van der Waals surface area contributed by atoms with E-state index >= 15 is 0 Å². The second-order valence-corrected chi connectivity index (χ2v) is 8.03. The van der Waals surface area contributed by atoms with Crippen LogP contribution in [0.3, 0.4) is 0 Å². The topological polar surface area (TPSA) is 65.0 Å². The molecule has 0 unspecified atom stereocenters. The molecule has 0 spiro atoms. The molecule has 0 aliphatic carbocycles. The van der Waals surface area contributed by atoms with Crippen LogP contribution in [0.15, 0.2) is 34.2 Å². The first kappa shape index (κ1) is 16.3. The summed E-state index contributed by atoms with van der Waals surface area (Å²) in [5, 5.41) is 3.27. The number of benzene rings is 1. The van der Waals surface area contributed by atoms with E-state index in [9.17, 15) is 8.42 Å². The van der Waals surface area contributed by atoms with E-state index in [1.807, 2.05) is 19.2 Å². The van der Waals surface area contributed by atoms with Crippen LogP contribution in [0.25, 0.3) is 0 Å². The smallest absolute Gasteiger partial charge is 0.243 e. The number of piperidine rings is 1. The van der Waals surface area contributed by atoms with Crippen molar-refractivity contribution in [1.29, 1.82) is 0 Å². The first-order valence-corrected chi connectivity index (χ1v) is 9.60. The summed E-state index contributed by atoms with van der Waals surface area (Å²) in [5.41, 5.74) is 0.950. The average molecular weight is 336 g/mol. The number of sulfonamides is 1. The molecule has 23 heavy (non-hydrogen) atoms. The van der Waals surface area contributed by atoms with E-state index in [2.05, 4.69) is 15.2 Å². The van der Waals surface area contributed by atoms with Crippen molar-refractivity contribution in [2.75, 3.05) is 33.2 Å². The molecule has 1 aromatic carbocycles. The summed E-state index contributed by atoms with van der Waals surface area (Å²) in [6.07, 6.45) is 3.02. The zero-order chi connectivity index (χ0) is 16.3. The molecule has 0 bridgehead atoms. The van der Waals surface area contributed by atoms with Gasteiger partial charge in [0.05, 0.1) is 11.4 Å². The molecule has 1 N–H and O–H groups in total. The maximum absolute atomic E-state index is 12.7. The maximum atomic E-state index is 12.7. The Morgan fingerprint density at radius 1 is 1.17 bits per heavy atom. The van der Waals surface area contributed by atoms with Crippen LogP contribution in [0, 0.1) is 0 Å². The van der Waals surface area contributed by atoms with Crippen LogP contribution in [0.5, 0.6) is 0 Å². The minimum Gasteiger partial charge on any atom is -0.352 e. The molecule has 1 fully saturated rings. The lowest BCUT2D eigenvalue weighted by atomic mass is 10.2. The lowest BCUT2D eigenvalue weighted by Gasteiger charge is -2.26. The number of rotatable bonds is 4. The summed E-state index contributed by atoms with van der Waals surface area (Å²) >= 11 is 0. The van der Waals surface area contributed by atoms with Crippen LogP contribution < -0.4 is 5.32 Å². The van der Waals surface area contributed by atoms with Gasteiger partial charge in [-0.3, -0.25) is 4.99 Å². The zero-order valence-corrected chi connectivity index (χ0v) is 14.3.